The number of hydrogen-bond donors (Lipinski definition) is 0. The van der Waals surface area contributed by atoms with Gasteiger partial charge in [-0.15, -0.1) is 0 Å². The Hall–Kier alpha value is -2.30. The third-order valence-electron chi connectivity index (χ3n) is 4.65. The molecule has 2 heterocycles. The van der Waals surface area contributed by atoms with Crippen molar-refractivity contribution in [1.82, 2.24) is 9.88 Å². The van der Waals surface area contributed by atoms with Crippen LogP contribution in [0.2, 0.25) is 0 Å². The molecule has 0 N–H and O–H groups in total. The number of benzene rings is 1. The van der Waals surface area contributed by atoms with Gasteiger partial charge in [0, 0.05) is 31.6 Å². The minimum atomic E-state index is -0.443. The summed E-state index contributed by atoms with van der Waals surface area (Å²) >= 11 is 0. The van der Waals surface area contributed by atoms with E-state index in [4.69, 9.17) is 4.74 Å². The number of pyridine rings is 1. The maximum atomic E-state index is 12.2. The molecule has 1 aliphatic rings. The molecule has 0 atom stereocenters. The van der Waals surface area contributed by atoms with Gasteiger partial charge in [0.15, 0.2) is 0 Å². The maximum absolute atomic E-state index is 12.2. The second-order valence-corrected chi connectivity index (χ2v) is 7.70. The van der Waals surface area contributed by atoms with Crippen molar-refractivity contribution in [3.05, 3.63) is 36.5 Å². The molecule has 2 aromatic rings. The van der Waals surface area contributed by atoms with Crippen LogP contribution < -0.4 is 4.90 Å². The highest BCUT2D eigenvalue weighted by Gasteiger charge is 2.28. The van der Waals surface area contributed by atoms with E-state index in [1.54, 1.807) is 0 Å². The van der Waals surface area contributed by atoms with Gasteiger partial charge < -0.3 is 14.5 Å². The van der Waals surface area contributed by atoms with Crippen LogP contribution >= 0.6 is 0 Å². The predicted octanol–water partition coefficient (Wildman–Crippen LogP) is 4.07. The first-order valence-corrected chi connectivity index (χ1v) is 8.89. The molecule has 0 unspecified atom stereocenters. The largest absolute Gasteiger partial charge is 0.444 e. The molecule has 0 spiro atoms. The molecule has 1 saturated heterocycles. The van der Waals surface area contributed by atoms with E-state index >= 15 is 0 Å². The SMILES string of the molecule is CN(c1cnc2ccccc2c1)C1CCN(C(=O)OC(C)(C)C)CC1. The Morgan fingerprint density at radius 2 is 1.92 bits per heavy atom. The lowest BCUT2D eigenvalue weighted by atomic mass is 10.0. The smallest absolute Gasteiger partial charge is 0.410 e. The van der Waals surface area contributed by atoms with Crippen LogP contribution in [0.1, 0.15) is 33.6 Å². The van der Waals surface area contributed by atoms with Crippen LogP contribution in [0.3, 0.4) is 0 Å². The summed E-state index contributed by atoms with van der Waals surface area (Å²) in [6.45, 7) is 7.16. The number of ether oxygens (including phenoxy) is 1. The number of rotatable bonds is 2. The summed E-state index contributed by atoms with van der Waals surface area (Å²) in [7, 11) is 2.11. The number of fused-ring (bicyclic) bond motifs is 1. The molecule has 25 heavy (non-hydrogen) atoms. The number of carbonyl (C=O) groups is 1. The number of para-hydroxylation sites is 1. The minimum Gasteiger partial charge on any atom is -0.444 e. The van der Waals surface area contributed by atoms with Gasteiger partial charge in [0.2, 0.25) is 0 Å². The van der Waals surface area contributed by atoms with Gasteiger partial charge in [0.05, 0.1) is 17.4 Å². The van der Waals surface area contributed by atoms with E-state index < -0.39 is 5.60 Å². The highest BCUT2D eigenvalue weighted by molar-refractivity contribution is 5.81. The summed E-state index contributed by atoms with van der Waals surface area (Å²) in [5.74, 6) is 0. The zero-order valence-corrected chi connectivity index (χ0v) is 15.5. The Kier molecular flexibility index (Phi) is 4.84. The minimum absolute atomic E-state index is 0.207. The lowest BCUT2D eigenvalue weighted by molar-refractivity contribution is 0.0205. The van der Waals surface area contributed by atoms with Crippen LogP contribution in [0.4, 0.5) is 10.5 Å². The van der Waals surface area contributed by atoms with E-state index in [9.17, 15) is 4.79 Å². The van der Waals surface area contributed by atoms with E-state index in [0.717, 1.165) is 42.5 Å². The number of amides is 1. The van der Waals surface area contributed by atoms with Gasteiger partial charge in [-0.2, -0.15) is 0 Å². The first kappa shape index (κ1) is 17.5. The molecule has 0 bridgehead atoms. The summed E-state index contributed by atoms with van der Waals surface area (Å²) in [5.41, 5.74) is 1.69. The van der Waals surface area contributed by atoms with Gasteiger partial charge in [-0.25, -0.2) is 4.79 Å². The van der Waals surface area contributed by atoms with Gasteiger partial charge in [-0.05, 0) is 45.7 Å². The Morgan fingerprint density at radius 3 is 2.60 bits per heavy atom. The number of hydrogen-bond acceptors (Lipinski definition) is 4. The van der Waals surface area contributed by atoms with Crippen molar-refractivity contribution in [1.29, 1.82) is 0 Å². The predicted molar refractivity (Wildman–Crippen MR) is 101 cm³/mol. The molecule has 1 amide bonds. The van der Waals surface area contributed by atoms with Gasteiger partial charge in [0.25, 0.3) is 0 Å². The molecular formula is C20H27N3O2. The van der Waals surface area contributed by atoms with Gasteiger partial charge in [0.1, 0.15) is 5.60 Å². The molecule has 5 heteroatoms. The average Bonchev–Trinajstić information content (AvgIpc) is 2.59. The number of piperidine rings is 1. The Labute approximate surface area is 149 Å². The number of nitrogens with zero attached hydrogens (tertiary/aromatic N) is 3. The summed E-state index contributed by atoms with van der Waals surface area (Å²) < 4.78 is 5.47. The monoisotopic (exact) mass is 341 g/mol. The van der Waals surface area contributed by atoms with Crippen molar-refractivity contribution >= 4 is 22.7 Å². The molecule has 1 fully saturated rings. The number of carbonyl (C=O) groups excluding carboxylic acids is 1. The van der Waals surface area contributed by atoms with Crippen molar-refractivity contribution in [3.63, 3.8) is 0 Å². The highest BCUT2D eigenvalue weighted by Crippen LogP contribution is 2.25. The number of anilines is 1. The first-order valence-electron chi connectivity index (χ1n) is 8.89. The molecule has 3 rings (SSSR count). The Morgan fingerprint density at radius 1 is 1.24 bits per heavy atom. The quantitative estimate of drug-likeness (QED) is 0.826. The molecule has 0 saturated carbocycles. The van der Waals surface area contributed by atoms with Crippen LogP contribution in [-0.4, -0.2) is 47.8 Å². The topological polar surface area (TPSA) is 45.7 Å². The van der Waals surface area contributed by atoms with Gasteiger partial charge >= 0.3 is 6.09 Å². The zero-order valence-electron chi connectivity index (χ0n) is 15.5. The summed E-state index contributed by atoms with van der Waals surface area (Å²) in [4.78, 5) is 20.8. The van der Waals surface area contributed by atoms with E-state index in [2.05, 4.69) is 29.1 Å². The molecule has 1 aliphatic heterocycles. The first-order chi connectivity index (χ1) is 11.8. The molecule has 134 valence electrons. The second-order valence-electron chi connectivity index (χ2n) is 7.70. The van der Waals surface area contributed by atoms with Gasteiger partial charge in [-0.3, -0.25) is 4.98 Å². The van der Waals surface area contributed by atoms with E-state index in [0.29, 0.717) is 6.04 Å². The van der Waals surface area contributed by atoms with Crippen LogP contribution in [0, 0.1) is 0 Å². The second kappa shape index (κ2) is 6.90. The van der Waals surface area contributed by atoms with Crippen molar-refractivity contribution in [2.45, 2.75) is 45.3 Å². The molecule has 0 radical (unpaired) electrons. The van der Waals surface area contributed by atoms with Crippen LogP contribution in [-0.2, 0) is 4.74 Å². The normalized spacial score (nSPS) is 16.1. The highest BCUT2D eigenvalue weighted by atomic mass is 16.6. The van der Waals surface area contributed by atoms with E-state index in [-0.39, 0.29) is 6.09 Å². The fourth-order valence-electron chi connectivity index (χ4n) is 3.23. The van der Waals surface area contributed by atoms with Crippen LogP contribution in [0.25, 0.3) is 10.9 Å². The number of likely N-dealkylation sites (tertiary alicyclic amines) is 1. The maximum Gasteiger partial charge on any atom is 0.410 e. The fraction of sp³-hybridized carbons (Fsp3) is 0.500. The lowest BCUT2D eigenvalue weighted by Gasteiger charge is -2.38. The van der Waals surface area contributed by atoms with E-state index in [1.165, 1.54) is 0 Å². The Bertz CT molecular complexity index is 746. The molecule has 1 aromatic heterocycles. The molecule has 0 aliphatic carbocycles. The van der Waals surface area contributed by atoms with Gasteiger partial charge in [-0.1, -0.05) is 18.2 Å². The van der Waals surface area contributed by atoms with E-state index in [1.807, 2.05) is 50.1 Å². The summed E-state index contributed by atoms with van der Waals surface area (Å²) in [6.07, 6.45) is 3.59. The standard InChI is InChI=1S/C20H27N3O2/c1-20(2,3)25-19(24)23-11-9-16(10-12-23)22(4)17-13-15-7-5-6-8-18(15)21-14-17/h5-8,13-14,16H,9-12H2,1-4H3. The molecule has 1 aromatic carbocycles. The van der Waals surface area contributed by atoms with Crippen molar-refractivity contribution in [2.24, 2.45) is 0 Å². The van der Waals surface area contributed by atoms with Crippen molar-refractivity contribution < 1.29 is 9.53 Å². The third kappa shape index (κ3) is 4.21. The zero-order chi connectivity index (χ0) is 18.0. The summed E-state index contributed by atoms with van der Waals surface area (Å²) in [5, 5.41) is 1.15. The van der Waals surface area contributed by atoms with Crippen molar-refractivity contribution in [3.8, 4) is 0 Å². The summed E-state index contributed by atoms with van der Waals surface area (Å²) in [6, 6.07) is 10.7. The average molecular weight is 341 g/mol. The molecular weight excluding hydrogens is 314 g/mol. The van der Waals surface area contributed by atoms with Crippen LogP contribution in [0.15, 0.2) is 36.5 Å². The third-order valence-corrected chi connectivity index (χ3v) is 4.65. The van der Waals surface area contributed by atoms with Crippen LogP contribution in [0.5, 0.6) is 0 Å². The number of aromatic nitrogens is 1. The molecule has 5 nitrogen and oxygen atoms in total. The fourth-order valence-corrected chi connectivity index (χ4v) is 3.23. The Balaban J connectivity index is 1.62. The lowest BCUT2D eigenvalue weighted by Crippen LogP contribution is -2.47. The van der Waals surface area contributed by atoms with Crippen molar-refractivity contribution in [2.75, 3.05) is 25.0 Å².